The zero-order chi connectivity index (χ0) is 53.0. The molecule has 6 aromatic carbocycles. The van der Waals surface area contributed by atoms with E-state index in [0.29, 0.717) is 38.3 Å². The molecular formula is C57H53F6N7O5. The van der Waals surface area contributed by atoms with Crippen LogP contribution in [0.5, 0.6) is 0 Å². The van der Waals surface area contributed by atoms with E-state index in [4.69, 9.17) is 4.42 Å². The Kier molecular flexibility index (Phi) is 17.1. The first-order valence-corrected chi connectivity index (χ1v) is 24.5. The fourth-order valence-corrected chi connectivity index (χ4v) is 8.75. The molecule has 5 amide bonds. The lowest BCUT2D eigenvalue weighted by Crippen LogP contribution is -2.45. The number of ketones is 1. The molecule has 0 spiro atoms. The Hall–Kier alpha value is -8.28. The number of amides is 5. The van der Waals surface area contributed by atoms with Crippen molar-refractivity contribution in [2.24, 2.45) is 0 Å². The molecule has 0 aliphatic carbocycles. The van der Waals surface area contributed by atoms with Gasteiger partial charge >= 0.3 is 36.2 Å². The highest BCUT2D eigenvalue weighted by molar-refractivity contribution is 6.00. The minimum atomic E-state index is -5.05. The minimum Gasteiger partial charge on any atom is -0.413 e. The average molecular weight is 1030 g/mol. The van der Waals surface area contributed by atoms with Crippen LogP contribution in [0.15, 0.2) is 162 Å². The van der Waals surface area contributed by atoms with Gasteiger partial charge in [0.25, 0.3) is 0 Å². The summed E-state index contributed by atoms with van der Waals surface area (Å²) in [6, 6.07) is 48.3. The van der Waals surface area contributed by atoms with Crippen LogP contribution in [0.25, 0.3) is 33.7 Å². The Balaban J connectivity index is 0.000000199. The van der Waals surface area contributed by atoms with Crippen molar-refractivity contribution in [3.05, 3.63) is 180 Å². The number of benzene rings is 6. The van der Waals surface area contributed by atoms with Crippen LogP contribution in [0.3, 0.4) is 0 Å². The molecule has 1 aromatic heterocycles. The van der Waals surface area contributed by atoms with E-state index in [-0.39, 0.29) is 30.1 Å². The minimum absolute atomic E-state index is 0.0688. The maximum atomic E-state index is 13.6. The second kappa shape index (κ2) is 24.2. The number of piperidine rings is 2. The fraction of sp³-hybridized carbons (Fsp3) is 0.263. The van der Waals surface area contributed by atoms with Gasteiger partial charge in [-0.25, -0.2) is 9.59 Å². The third-order valence-electron chi connectivity index (χ3n) is 12.7. The first-order chi connectivity index (χ1) is 36.1. The van der Waals surface area contributed by atoms with Gasteiger partial charge in [0, 0.05) is 48.7 Å². The average Bonchev–Trinajstić information content (AvgIpc) is 3.96. The van der Waals surface area contributed by atoms with E-state index in [0.717, 1.165) is 83.3 Å². The topological polar surface area (TPSA) is 132 Å². The normalized spacial score (nSPS) is 13.8. The Bertz CT molecular complexity index is 3030. The molecule has 2 saturated heterocycles. The molecule has 3 heterocycles. The molecule has 388 valence electrons. The number of aromatic nitrogens is 2. The molecule has 2 aliphatic rings. The molecule has 0 saturated carbocycles. The number of anilines is 2. The van der Waals surface area contributed by atoms with Crippen LogP contribution in [0, 0.1) is 0 Å². The van der Waals surface area contributed by atoms with Crippen molar-refractivity contribution in [1.82, 2.24) is 25.3 Å². The fourth-order valence-electron chi connectivity index (χ4n) is 8.75. The molecule has 1 N–H and O–H groups in total. The molecule has 12 nitrogen and oxygen atoms in total. The molecule has 0 radical (unpaired) electrons. The van der Waals surface area contributed by atoms with Crippen LogP contribution in [0.1, 0.15) is 65.9 Å². The number of hydrogen-bond acceptors (Lipinski definition) is 7. The Morgan fingerprint density at radius 3 is 1.37 bits per heavy atom. The number of halogens is 6. The number of nitrogens with zero attached hydrogens (tertiary/aromatic N) is 6. The van der Waals surface area contributed by atoms with Gasteiger partial charge in [-0.3, -0.25) is 19.4 Å². The molecule has 0 atom stereocenters. The van der Waals surface area contributed by atoms with E-state index in [1.54, 1.807) is 51.5 Å². The summed E-state index contributed by atoms with van der Waals surface area (Å²) in [7, 11) is 0. The summed E-state index contributed by atoms with van der Waals surface area (Å²) in [6.07, 6.45) is -3.70. The number of carbonyl (C=O) groups excluding carboxylic acids is 4. The van der Waals surface area contributed by atoms with E-state index in [2.05, 4.69) is 10.2 Å². The number of likely N-dealkylation sites (tertiary alicyclic amines) is 2. The summed E-state index contributed by atoms with van der Waals surface area (Å²) in [5, 5.41) is 8.18. The van der Waals surface area contributed by atoms with E-state index in [9.17, 15) is 45.5 Å². The third kappa shape index (κ3) is 14.1. The Morgan fingerprint density at radius 1 is 0.507 bits per heavy atom. The molecule has 9 rings (SSSR count). The van der Waals surface area contributed by atoms with Gasteiger partial charge in [0.2, 0.25) is 5.89 Å². The highest BCUT2D eigenvalue weighted by atomic mass is 19.4. The zero-order valence-corrected chi connectivity index (χ0v) is 40.7. The molecule has 0 unspecified atom stereocenters. The van der Waals surface area contributed by atoms with E-state index < -0.39 is 36.5 Å². The summed E-state index contributed by atoms with van der Waals surface area (Å²) in [4.78, 5) is 57.7. The molecule has 7 aromatic rings. The number of carbonyl (C=O) groups is 4. The SMILES string of the molecule is O=C(CNC(=O)C(F)(F)F)c1ccc(CN(C(=O)N2CCCCC2)c2cccc(-c3ccccc3)c2)cc1.O=C(N1CCCCC1)N(Cc1ccc(-c2nnc(C(F)(F)F)o2)cc1)c1cccc(-c2ccccc2)c1. The van der Waals surface area contributed by atoms with Gasteiger partial charge in [0.1, 0.15) is 0 Å². The number of nitrogens with one attached hydrogen (secondary N) is 1. The number of rotatable bonds is 12. The zero-order valence-electron chi connectivity index (χ0n) is 40.7. The first-order valence-electron chi connectivity index (χ1n) is 24.5. The molecule has 75 heavy (non-hydrogen) atoms. The van der Waals surface area contributed by atoms with E-state index in [1.807, 2.05) is 119 Å². The van der Waals surface area contributed by atoms with Crippen molar-refractivity contribution in [2.45, 2.75) is 64.0 Å². The predicted octanol–water partition coefficient (Wildman–Crippen LogP) is 12.9. The number of Topliss-reactive ketones (excluding diaryl/α,β-unsaturated/α-hetero) is 1. The second-order valence-corrected chi connectivity index (χ2v) is 18.1. The summed E-state index contributed by atoms with van der Waals surface area (Å²) < 4.78 is 80.4. The van der Waals surface area contributed by atoms with Crippen molar-refractivity contribution >= 4 is 35.1 Å². The quantitative estimate of drug-likeness (QED) is 0.0952. The summed E-state index contributed by atoms with van der Waals surface area (Å²) in [5.74, 6) is -4.41. The van der Waals surface area contributed by atoms with Gasteiger partial charge in [0.15, 0.2) is 5.78 Å². The second-order valence-electron chi connectivity index (χ2n) is 18.1. The lowest BCUT2D eigenvalue weighted by molar-refractivity contribution is -0.173. The summed E-state index contributed by atoms with van der Waals surface area (Å²) in [6.45, 7) is 2.58. The monoisotopic (exact) mass is 1030 g/mol. The van der Waals surface area contributed by atoms with Crippen LogP contribution in [0.2, 0.25) is 0 Å². The summed E-state index contributed by atoms with van der Waals surface area (Å²) >= 11 is 0. The number of urea groups is 2. The van der Waals surface area contributed by atoms with Crippen molar-refractivity contribution in [1.29, 1.82) is 0 Å². The largest absolute Gasteiger partial charge is 0.471 e. The summed E-state index contributed by atoms with van der Waals surface area (Å²) in [5.41, 5.74) is 7.65. The molecular weight excluding hydrogens is 977 g/mol. The van der Waals surface area contributed by atoms with Crippen molar-refractivity contribution in [3.8, 4) is 33.7 Å². The highest BCUT2D eigenvalue weighted by Crippen LogP contribution is 2.32. The van der Waals surface area contributed by atoms with Crippen LogP contribution < -0.4 is 15.1 Å². The number of hydrogen-bond donors (Lipinski definition) is 1. The standard InChI is InChI=1S/C29H28F3N3O3.C28H25F3N4O2/c30-29(31,32)27(37)33-19-26(36)23-14-12-21(13-15-23)20-35(28(38)34-16-5-2-6-17-34)25-11-7-10-24(18-25)22-8-3-1-4-9-22;29-28(30,31)26-33-32-25(37-26)22-14-12-20(13-15-22)19-35(27(36)34-16-5-2-6-17-34)24-11-7-10-23(18-24)21-8-3-1-4-9-21/h1,3-4,7-15,18H,2,5-6,16-17,19-20H2,(H,33,37);1,3-4,7-15,18H,2,5-6,16-17,19H2. The Labute approximate surface area is 429 Å². The van der Waals surface area contributed by atoms with E-state index >= 15 is 0 Å². The molecule has 2 fully saturated rings. The molecule has 0 bridgehead atoms. The number of alkyl halides is 6. The lowest BCUT2D eigenvalue weighted by Gasteiger charge is -2.33. The predicted molar refractivity (Wildman–Crippen MR) is 272 cm³/mol. The van der Waals surface area contributed by atoms with Gasteiger partial charge in [-0.2, -0.15) is 26.3 Å². The van der Waals surface area contributed by atoms with Gasteiger partial charge in [0.05, 0.1) is 19.6 Å². The van der Waals surface area contributed by atoms with Crippen LogP contribution in [-0.4, -0.2) is 82.6 Å². The van der Waals surface area contributed by atoms with Gasteiger partial charge in [-0.05, 0) is 108 Å². The van der Waals surface area contributed by atoms with Crippen LogP contribution in [0.4, 0.5) is 47.3 Å². The highest BCUT2D eigenvalue weighted by Gasteiger charge is 2.39. The third-order valence-corrected chi connectivity index (χ3v) is 12.7. The molecule has 2 aliphatic heterocycles. The molecule has 18 heteroatoms. The van der Waals surface area contributed by atoms with Crippen molar-refractivity contribution < 1.29 is 49.9 Å². The van der Waals surface area contributed by atoms with Gasteiger partial charge < -0.3 is 19.5 Å². The smallest absolute Gasteiger partial charge is 0.413 e. The van der Waals surface area contributed by atoms with Crippen LogP contribution >= 0.6 is 0 Å². The first kappa shape index (κ1) is 53.0. The Morgan fingerprint density at radius 2 is 0.947 bits per heavy atom. The maximum Gasteiger partial charge on any atom is 0.471 e. The van der Waals surface area contributed by atoms with Crippen molar-refractivity contribution in [2.75, 3.05) is 42.5 Å². The lowest BCUT2D eigenvalue weighted by atomic mass is 10.0. The maximum absolute atomic E-state index is 13.6. The van der Waals surface area contributed by atoms with Crippen LogP contribution in [-0.2, 0) is 24.1 Å². The van der Waals surface area contributed by atoms with Crippen molar-refractivity contribution in [3.63, 3.8) is 0 Å². The van der Waals surface area contributed by atoms with E-state index in [1.165, 1.54) is 12.1 Å². The van der Waals surface area contributed by atoms with Gasteiger partial charge in [-0.1, -0.05) is 121 Å². The van der Waals surface area contributed by atoms with Gasteiger partial charge in [-0.15, -0.1) is 10.2 Å².